The van der Waals surface area contributed by atoms with E-state index < -0.39 is 0 Å². The van der Waals surface area contributed by atoms with Gasteiger partial charge in [-0.15, -0.1) is 0 Å². The molecule has 0 N–H and O–H groups in total. The van der Waals surface area contributed by atoms with Gasteiger partial charge in [-0.1, -0.05) is 137 Å². The Kier molecular flexibility index (Phi) is 7.87. The minimum Gasteiger partial charge on any atom is -0.311 e. The minimum atomic E-state index is -0.136. The van der Waals surface area contributed by atoms with Crippen LogP contribution in [0.4, 0.5) is 34.1 Å². The number of fused-ring (bicyclic) bond motifs is 8. The Bertz CT molecular complexity index is 3620. The summed E-state index contributed by atoms with van der Waals surface area (Å²) < 4.78 is 0. The molecule has 4 aliphatic heterocycles. The van der Waals surface area contributed by atoms with Crippen LogP contribution in [0.1, 0.15) is 74.9 Å². The van der Waals surface area contributed by atoms with Crippen LogP contribution >= 0.6 is 0 Å². The van der Waals surface area contributed by atoms with Crippen LogP contribution in [0.25, 0.3) is 54.6 Å². The van der Waals surface area contributed by atoms with E-state index in [9.17, 15) is 0 Å². The molecule has 0 bridgehead atoms. The number of aryl methyl sites for hydroxylation is 4. The molecule has 68 heavy (non-hydrogen) atoms. The Hall–Kier alpha value is -7.03. The Morgan fingerprint density at radius 2 is 0.721 bits per heavy atom. The molecule has 0 aliphatic carbocycles. The largest absolute Gasteiger partial charge is 0.311 e. The van der Waals surface area contributed by atoms with E-state index in [4.69, 9.17) is 0 Å². The van der Waals surface area contributed by atoms with Gasteiger partial charge in [-0.05, 0) is 209 Å². The molecule has 14 rings (SSSR count). The van der Waals surface area contributed by atoms with Gasteiger partial charge in [-0.25, -0.2) is 0 Å². The molecule has 0 saturated heterocycles. The fourth-order valence-electron chi connectivity index (χ4n) is 13.5. The smallest absolute Gasteiger partial charge is 0.248 e. The second-order valence-corrected chi connectivity index (χ2v) is 22.8. The predicted molar refractivity (Wildman–Crippen MR) is 296 cm³/mol. The van der Waals surface area contributed by atoms with Gasteiger partial charge in [-0.2, -0.15) is 0 Å². The lowest BCUT2D eigenvalue weighted by Gasteiger charge is -2.43. The molecule has 10 aromatic rings. The highest BCUT2D eigenvalue weighted by Gasteiger charge is 2.46. The van der Waals surface area contributed by atoms with Crippen LogP contribution < -0.4 is 42.6 Å². The van der Waals surface area contributed by atoms with Crippen molar-refractivity contribution in [3.8, 4) is 22.3 Å². The molecule has 0 amide bonds. The third kappa shape index (κ3) is 5.21. The first-order chi connectivity index (χ1) is 32.7. The summed E-state index contributed by atoms with van der Waals surface area (Å²) in [6.07, 6.45) is 0. The fraction of sp³-hybridized carbons (Fsp3) is 0.188. The fourth-order valence-corrected chi connectivity index (χ4v) is 13.5. The standard InChI is InChI=1S/C64H54B2N2/c1-35-21-23-49-53(27-35)67(39-17-13-11-14-18-39)55-29-37(3)25-43-41-31-48(64(8,9)10)46-34-52-58-42(32-47(63(5,6)7)45-33-51(65(49)61(43)55)57(41)59(46)60(45)58)44-26-38(4)30-56-62(44)66(52)50-24-22-36(2)28-54(50)68(56)40-19-15-12-16-20-40/h11-34H,1-10H3. The zero-order chi connectivity index (χ0) is 46.4. The zero-order valence-corrected chi connectivity index (χ0v) is 40.9. The molecular weight excluding hydrogens is 818 g/mol. The second-order valence-electron chi connectivity index (χ2n) is 22.8. The molecular formula is C64H54B2N2. The van der Waals surface area contributed by atoms with Crippen molar-refractivity contribution >= 4 is 113 Å². The zero-order valence-electron chi connectivity index (χ0n) is 40.9. The first kappa shape index (κ1) is 40.1. The first-order valence-electron chi connectivity index (χ1n) is 24.7. The second kappa shape index (κ2) is 13.4. The molecule has 0 radical (unpaired) electrons. The van der Waals surface area contributed by atoms with E-state index in [1.54, 1.807) is 0 Å². The monoisotopic (exact) mass is 872 g/mol. The lowest BCUT2D eigenvalue weighted by atomic mass is 9.31. The summed E-state index contributed by atoms with van der Waals surface area (Å²) in [7, 11) is 0. The van der Waals surface area contributed by atoms with E-state index >= 15 is 0 Å². The maximum atomic E-state index is 2.69. The van der Waals surface area contributed by atoms with Crippen molar-refractivity contribution in [2.75, 3.05) is 9.80 Å². The predicted octanol–water partition coefficient (Wildman–Crippen LogP) is 13.0. The van der Waals surface area contributed by atoms with Crippen LogP contribution in [-0.4, -0.2) is 13.4 Å². The number of benzene rings is 10. The van der Waals surface area contributed by atoms with Gasteiger partial charge in [0.25, 0.3) is 0 Å². The van der Waals surface area contributed by atoms with Gasteiger partial charge < -0.3 is 9.80 Å². The third-order valence-corrected chi connectivity index (χ3v) is 16.1. The number of nitrogens with zero attached hydrogens (tertiary/aromatic N) is 2. The molecule has 326 valence electrons. The van der Waals surface area contributed by atoms with Gasteiger partial charge in [0.2, 0.25) is 13.4 Å². The van der Waals surface area contributed by atoms with Crippen LogP contribution in [0.15, 0.2) is 146 Å². The maximum Gasteiger partial charge on any atom is 0.248 e. The van der Waals surface area contributed by atoms with E-state index in [0.29, 0.717) is 0 Å². The van der Waals surface area contributed by atoms with Crippen LogP contribution in [0.5, 0.6) is 0 Å². The molecule has 0 atom stereocenters. The quantitative estimate of drug-likeness (QED) is 0.126. The normalized spacial score (nSPS) is 14.2. The van der Waals surface area contributed by atoms with E-state index in [-0.39, 0.29) is 24.3 Å². The number of anilines is 6. The third-order valence-electron chi connectivity index (χ3n) is 16.1. The Morgan fingerprint density at radius 1 is 0.338 bits per heavy atom. The van der Waals surface area contributed by atoms with Crippen molar-refractivity contribution in [2.45, 2.75) is 80.1 Å². The summed E-state index contributed by atoms with van der Waals surface area (Å²) in [5.41, 5.74) is 29.2. The number of hydrogen-bond acceptors (Lipinski definition) is 2. The molecule has 0 aromatic heterocycles. The van der Waals surface area contributed by atoms with Gasteiger partial charge in [0.1, 0.15) is 0 Å². The Balaban J connectivity index is 1.19. The molecule has 4 heterocycles. The average molecular weight is 873 g/mol. The topological polar surface area (TPSA) is 6.48 Å². The maximum absolute atomic E-state index is 2.69. The average Bonchev–Trinajstić information content (AvgIpc) is 3.30. The summed E-state index contributed by atoms with van der Waals surface area (Å²) in [6.45, 7) is 23.8. The van der Waals surface area contributed by atoms with Gasteiger partial charge in [0, 0.05) is 34.1 Å². The van der Waals surface area contributed by atoms with E-state index in [1.165, 1.54) is 155 Å². The number of rotatable bonds is 2. The molecule has 0 fully saturated rings. The van der Waals surface area contributed by atoms with E-state index in [2.05, 4.69) is 225 Å². The van der Waals surface area contributed by atoms with E-state index in [0.717, 1.165) is 0 Å². The van der Waals surface area contributed by atoms with Crippen LogP contribution in [0, 0.1) is 27.7 Å². The first-order valence-corrected chi connectivity index (χ1v) is 24.7. The van der Waals surface area contributed by atoms with Crippen LogP contribution in [0.2, 0.25) is 0 Å². The van der Waals surface area contributed by atoms with Gasteiger partial charge in [0.05, 0.1) is 0 Å². The van der Waals surface area contributed by atoms with Crippen LogP contribution in [0.3, 0.4) is 0 Å². The Labute approximate surface area is 401 Å². The summed E-state index contributed by atoms with van der Waals surface area (Å²) in [6, 6.07) is 57.1. The van der Waals surface area contributed by atoms with Crippen molar-refractivity contribution in [1.29, 1.82) is 0 Å². The lowest BCUT2D eigenvalue weighted by molar-refractivity contribution is 0.595. The molecule has 0 spiro atoms. The van der Waals surface area contributed by atoms with Crippen LogP contribution in [-0.2, 0) is 10.8 Å². The minimum absolute atomic E-state index is 0.0685. The molecule has 4 aliphatic rings. The number of hydrogen-bond donors (Lipinski definition) is 0. The molecule has 10 aromatic carbocycles. The lowest BCUT2D eigenvalue weighted by Crippen LogP contribution is -2.60. The summed E-state index contributed by atoms with van der Waals surface area (Å²) in [5.74, 6) is 0. The molecule has 0 unspecified atom stereocenters. The van der Waals surface area contributed by atoms with E-state index in [1.807, 2.05) is 0 Å². The highest BCUT2D eigenvalue weighted by Crippen LogP contribution is 2.52. The molecule has 2 nitrogen and oxygen atoms in total. The highest BCUT2D eigenvalue weighted by molar-refractivity contribution is 7.02. The number of para-hydroxylation sites is 2. The van der Waals surface area contributed by atoms with Gasteiger partial charge >= 0.3 is 0 Å². The summed E-state index contributed by atoms with van der Waals surface area (Å²) in [5, 5.41) is 8.57. The highest BCUT2D eigenvalue weighted by atomic mass is 15.2. The van der Waals surface area contributed by atoms with Crippen molar-refractivity contribution in [1.82, 2.24) is 0 Å². The van der Waals surface area contributed by atoms with Crippen molar-refractivity contribution in [3.05, 3.63) is 179 Å². The summed E-state index contributed by atoms with van der Waals surface area (Å²) >= 11 is 0. The molecule has 4 heteroatoms. The SMILES string of the molecule is Cc1ccc2c(c1)N(c1ccccc1)c1cc(C)cc3c1B2c1cc2c(C(C)(C)C)cc4c5c(cc6c(C(C)(C)C)cc-3c1c6c25)B1c2ccc(C)cc2N(c2ccccc2)c2cc(C)cc-4c21. The summed E-state index contributed by atoms with van der Waals surface area (Å²) in [4.78, 5) is 5.11. The van der Waals surface area contributed by atoms with Gasteiger partial charge in [0.15, 0.2) is 0 Å². The van der Waals surface area contributed by atoms with Crippen molar-refractivity contribution < 1.29 is 0 Å². The Morgan fingerprint density at radius 3 is 1.10 bits per heavy atom. The van der Waals surface area contributed by atoms with Gasteiger partial charge in [-0.3, -0.25) is 0 Å². The van der Waals surface area contributed by atoms with Crippen molar-refractivity contribution in [2.24, 2.45) is 0 Å². The van der Waals surface area contributed by atoms with Crippen molar-refractivity contribution in [3.63, 3.8) is 0 Å². The molecule has 0 saturated carbocycles.